The predicted molar refractivity (Wildman–Crippen MR) is 146 cm³/mol. The lowest BCUT2D eigenvalue weighted by Gasteiger charge is -2.28. The predicted octanol–water partition coefficient (Wildman–Crippen LogP) is 5.34. The maximum Gasteiger partial charge on any atom is 0.322 e. The lowest BCUT2D eigenvalue weighted by Crippen LogP contribution is -2.40. The molecule has 3 aromatic carbocycles. The third kappa shape index (κ3) is 8.23. The normalized spacial score (nSPS) is 13.7. The Kier molecular flexibility index (Phi) is 9.80. The summed E-state index contributed by atoms with van der Waals surface area (Å²) in [6.45, 7) is 7.96. The van der Waals surface area contributed by atoms with Crippen LogP contribution in [-0.4, -0.2) is 62.3 Å². The van der Waals surface area contributed by atoms with Gasteiger partial charge in [-0.25, -0.2) is 4.79 Å². The van der Waals surface area contributed by atoms with Crippen molar-refractivity contribution in [2.24, 2.45) is 0 Å². The molecule has 0 aromatic heterocycles. The highest BCUT2D eigenvalue weighted by Crippen LogP contribution is 2.29. The average Bonchev–Trinajstić information content (AvgIpc) is 2.93. The Bertz CT molecular complexity index is 1130. The van der Waals surface area contributed by atoms with E-state index < -0.39 is 0 Å². The number of morpholine rings is 1. The van der Waals surface area contributed by atoms with Gasteiger partial charge in [-0.2, -0.15) is 0 Å². The standard InChI is InChI=1S/C30H37N3O4/c1-24-8-6-11-27(20-24)31-30(34)33(15-7-14-32-16-18-36-19-17-32)22-26-12-13-28(29(21-26)35-2)37-23-25-9-4-3-5-10-25/h3-6,8-13,20-21H,7,14-19,22-23H2,1-2H3,(H,31,34). The SMILES string of the molecule is COc1cc(CN(CCCN2CCOCC2)C(=O)Nc2cccc(C)c2)ccc1OCc1ccccc1. The minimum atomic E-state index is -0.115. The molecular formula is C30H37N3O4. The molecule has 1 saturated heterocycles. The smallest absolute Gasteiger partial charge is 0.322 e. The Labute approximate surface area is 219 Å². The van der Waals surface area contributed by atoms with Crippen LogP contribution in [0.5, 0.6) is 11.5 Å². The first-order valence-corrected chi connectivity index (χ1v) is 12.9. The molecule has 7 nitrogen and oxygen atoms in total. The molecule has 0 atom stereocenters. The lowest BCUT2D eigenvalue weighted by atomic mass is 10.1. The van der Waals surface area contributed by atoms with Crippen molar-refractivity contribution in [2.45, 2.75) is 26.5 Å². The van der Waals surface area contributed by atoms with Crippen molar-refractivity contribution in [1.29, 1.82) is 0 Å². The number of aryl methyl sites for hydroxylation is 1. The van der Waals surface area contributed by atoms with Crippen LogP contribution in [0.15, 0.2) is 72.8 Å². The molecule has 0 bridgehead atoms. The highest BCUT2D eigenvalue weighted by molar-refractivity contribution is 5.89. The highest BCUT2D eigenvalue weighted by atomic mass is 16.5. The molecule has 0 radical (unpaired) electrons. The van der Waals surface area contributed by atoms with Crippen LogP contribution < -0.4 is 14.8 Å². The van der Waals surface area contributed by atoms with E-state index in [2.05, 4.69) is 10.2 Å². The maximum absolute atomic E-state index is 13.3. The first-order valence-electron chi connectivity index (χ1n) is 12.9. The fraction of sp³-hybridized carbons (Fsp3) is 0.367. The van der Waals surface area contributed by atoms with E-state index in [1.807, 2.05) is 84.6 Å². The molecule has 4 rings (SSSR count). The van der Waals surface area contributed by atoms with Gasteiger partial charge in [0, 0.05) is 38.4 Å². The number of carbonyl (C=O) groups excluding carboxylic acids is 1. The van der Waals surface area contributed by atoms with Crippen molar-refractivity contribution in [3.05, 3.63) is 89.5 Å². The minimum Gasteiger partial charge on any atom is -0.493 e. The number of hydrogen-bond donors (Lipinski definition) is 1. The topological polar surface area (TPSA) is 63.3 Å². The molecule has 0 spiro atoms. The van der Waals surface area contributed by atoms with Gasteiger partial charge in [-0.05, 0) is 54.3 Å². The van der Waals surface area contributed by atoms with E-state index in [1.54, 1.807) is 7.11 Å². The number of carbonyl (C=O) groups is 1. The monoisotopic (exact) mass is 503 g/mol. The number of ether oxygens (including phenoxy) is 3. The maximum atomic E-state index is 13.3. The van der Waals surface area contributed by atoms with Crippen LogP contribution in [-0.2, 0) is 17.9 Å². The number of methoxy groups -OCH3 is 1. The van der Waals surface area contributed by atoms with Gasteiger partial charge in [0.1, 0.15) is 6.61 Å². The molecule has 1 aliphatic rings. The number of hydrogen-bond acceptors (Lipinski definition) is 5. The zero-order valence-corrected chi connectivity index (χ0v) is 21.8. The van der Waals surface area contributed by atoms with Crippen LogP contribution in [0.25, 0.3) is 0 Å². The van der Waals surface area contributed by atoms with Crippen LogP contribution in [0.3, 0.4) is 0 Å². The van der Waals surface area contributed by atoms with Gasteiger partial charge < -0.3 is 24.4 Å². The highest BCUT2D eigenvalue weighted by Gasteiger charge is 2.17. The fourth-order valence-corrected chi connectivity index (χ4v) is 4.37. The summed E-state index contributed by atoms with van der Waals surface area (Å²) in [4.78, 5) is 17.6. The second-order valence-corrected chi connectivity index (χ2v) is 9.29. The molecular weight excluding hydrogens is 466 g/mol. The number of nitrogens with one attached hydrogen (secondary N) is 1. The zero-order chi connectivity index (χ0) is 25.9. The Balaban J connectivity index is 1.43. The summed E-state index contributed by atoms with van der Waals surface area (Å²) in [5.41, 5.74) is 3.97. The van der Waals surface area contributed by atoms with Crippen LogP contribution in [0.2, 0.25) is 0 Å². The van der Waals surface area contributed by atoms with Gasteiger partial charge in [0.25, 0.3) is 0 Å². The summed E-state index contributed by atoms with van der Waals surface area (Å²) in [5, 5.41) is 3.07. The summed E-state index contributed by atoms with van der Waals surface area (Å²) in [7, 11) is 1.64. The first-order chi connectivity index (χ1) is 18.1. The largest absolute Gasteiger partial charge is 0.493 e. The van der Waals surface area contributed by atoms with Crippen molar-refractivity contribution in [1.82, 2.24) is 9.80 Å². The molecule has 3 aromatic rings. The zero-order valence-electron chi connectivity index (χ0n) is 21.8. The molecule has 196 valence electrons. The van der Waals surface area contributed by atoms with Crippen LogP contribution in [0, 0.1) is 6.92 Å². The molecule has 0 aliphatic carbocycles. The summed E-state index contributed by atoms with van der Waals surface area (Å²) in [6, 6.07) is 23.7. The van der Waals surface area contributed by atoms with Gasteiger partial charge in [-0.1, -0.05) is 48.5 Å². The number of amides is 2. The molecule has 2 amide bonds. The number of urea groups is 1. The molecule has 7 heteroatoms. The van der Waals surface area contributed by atoms with Crippen LogP contribution in [0.4, 0.5) is 10.5 Å². The number of rotatable bonds is 11. The van der Waals surface area contributed by atoms with Gasteiger partial charge in [0.2, 0.25) is 0 Å². The molecule has 0 unspecified atom stereocenters. The van der Waals surface area contributed by atoms with E-state index in [4.69, 9.17) is 14.2 Å². The van der Waals surface area contributed by atoms with E-state index in [9.17, 15) is 4.79 Å². The summed E-state index contributed by atoms with van der Waals surface area (Å²) in [5.74, 6) is 1.33. The molecule has 1 heterocycles. The average molecular weight is 504 g/mol. The summed E-state index contributed by atoms with van der Waals surface area (Å²) >= 11 is 0. The molecule has 1 N–H and O–H groups in total. The summed E-state index contributed by atoms with van der Waals surface area (Å²) < 4.78 is 17.1. The van der Waals surface area contributed by atoms with Gasteiger partial charge in [-0.15, -0.1) is 0 Å². The number of nitrogens with zero attached hydrogens (tertiary/aromatic N) is 2. The third-order valence-corrected chi connectivity index (χ3v) is 6.40. The quantitative estimate of drug-likeness (QED) is 0.383. The second kappa shape index (κ2) is 13.7. The van der Waals surface area contributed by atoms with E-state index >= 15 is 0 Å². The van der Waals surface area contributed by atoms with Crippen molar-refractivity contribution in [3.8, 4) is 11.5 Å². The van der Waals surface area contributed by atoms with Crippen LogP contribution >= 0.6 is 0 Å². The van der Waals surface area contributed by atoms with Crippen molar-refractivity contribution in [2.75, 3.05) is 51.8 Å². The van der Waals surface area contributed by atoms with Gasteiger partial charge >= 0.3 is 6.03 Å². The minimum absolute atomic E-state index is 0.115. The molecule has 0 saturated carbocycles. The molecule has 1 fully saturated rings. The van der Waals surface area contributed by atoms with Gasteiger partial charge in [0.05, 0.1) is 20.3 Å². The van der Waals surface area contributed by atoms with Crippen molar-refractivity contribution in [3.63, 3.8) is 0 Å². The van der Waals surface area contributed by atoms with E-state index in [0.717, 1.165) is 61.6 Å². The van der Waals surface area contributed by atoms with Gasteiger partial charge in [0.15, 0.2) is 11.5 Å². The summed E-state index contributed by atoms with van der Waals surface area (Å²) in [6.07, 6.45) is 0.886. The van der Waals surface area contributed by atoms with Crippen molar-refractivity contribution < 1.29 is 19.0 Å². The Morgan fingerprint density at radius 3 is 2.54 bits per heavy atom. The number of benzene rings is 3. The lowest BCUT2D eigenvalue weighted by molar-refractivity contribution is 0.0365. The third-order valence-electron chi connectivity index (χ3n) is 6.40. The van der Waals surface area contributed by atoms with E-state index in [1.165, 1.54) is 0 Å². The Morgan fingerprint density at radius 2 is 1.78 bits per heavy atom. The Morgan fingerprint density at radius 1 is 0.973 bits per heavy atom. The number of anilines is 1. The first kappa shape index (κ1) is 26.5. The Hall–Kier alpha value is -3.55. The fourth-order valence-electron chi connectivity index (χ4n) is 4.37. The van der Waals surface area contributed by atoms with E-state index in [-0.39, 0.29) is 6.03 Å². The molecule has 1 aliphatic heterocycles. The molecule has 37 heavy (non-hydrogen) atoms. The second-order valence-electron chi connectivity index (χ2n) is 9.29. The van der Waals surface area contributed by atoms with Gasteiger partial charge in [-0.3, -0.25) is 4.90 Å². The van der Waals surface area contributed by atoms with E-state index in [0.29, 0.717) is 31.2 Å². The van der Waals surface area contributed by atoms with Crippen molar-refractivity contribution >= 4 is 11.7 Å². The van der Waals surface area contributed by atoms with Crippen LogP contribution in [0.1, 0.15) is 23.1 Å².